The lowest BCUT2D eigenvalue weighted by Crippen LogP contribution is -2.51. The van der Waals surface area contributed by atoms with Gasteiger partial charge < -0.3 is 34.3 Å². The van der Waals surface area contributed by atoms with Crippen molar-refractivity contribution in [3.8, 4) is 11.1 Å². The highest BCUT2D eigenvalue weighted by Crippen LogP contribution is 2.44. The largest absolute Gasteiger partial charge is 0.449 e. The van der Waals surface area contributed by atoms with Crippen LogP contribution in [0.5, 0.6) is 0 Å². The van der Waals surface area contributed by atoms with Crippen LogP contribution in [0.3, 0.4) is 0 Å². The first-order valence-corrected chi connectivity index (χ1v) is 15.6. The highest BCUT2D eigenvalue weighted by atomic mass is 32.2. The molecule has 0 unspecified atom stereocenters. The summed E-state index contributed by atoms with van der Waals surface area (Å²) in [6.07, 6.45) is -0.0117. The quantitative estimate of drug-likeness (QED) is 0.151. The number of hydrogen-bond donors (Lipinski definition) is 3. The van der Waals surface area contributed by atoms with Crippen molar-refractivity contribution in [2.75, 3.05) is 71.8 Å². The molecule has 232 valence electrons. The number of carbonyl (C=O) groups excluding carboxylic acids is 2. The molecule has 0 saturated heterocycles. The van der Waals surface area contributed by atoms with E-state index in [0.717, 1.165) is 28.7 Å². The Labute approximate surface area is 246 Å². The van der Waals surface area contributed by atoms with Crippen LogP contribution in [-0.2, 0) is 38.6 Å². The van der Waals surface area contributed by atoms with Crippen LogP contribution in [0.4, 0.5) is 4.79 Å². The first kappa shape index (κ1) is 33.4. The van der Waals surface area contributed by atoms with Gasteiger partial charge >= 0.3 is 6.09 Å². The summed E-state index contributed by atoms with van der Waals surface area (Å²) in [4.78, 5) is 25.2. The fourth-order valence-corrected chi connectivity index (χ4v) is 5.11. The maximum absolute atomic E-state index is 12.6. The van der Waals surface area contributed by atoms with E-state index in [4.69, 9.17) is 23.7 Å². The lowest BCUT2D eigenvalue weighted by Gasteiger charge is -2.19. The van der Waals surface area contributed by atoms with Crippen molar-refractivity contribution in [3.05, 3.63) is 59.7 Å². The minimum absolute atomic E-state index is 0.0184. The Morgan fingerprint density at radius 1 is 0.810 bits per heavy atom. The van der Waals surface area contributed by atoms with Crippen molar-refractivity contribution in [3.63, 3.8) is 0 Å². The Morgan fingerprint density at radius 2 is 1.31 bits per heavy atom. The Balaban J connectivity index is 1.36. The summed E-state index contributed by atoms with van der Waals surface area (Å²) in [6, 6.07) is 14.0. The number of nitrogens with one attached hydrogen (secondary N) is 2. The van der Waals surface area contributed by atoms with E-state index < -0.39 is 33.9 Å². The molecule has 0 heterocycles. The van der Waals surface area contributed by atoms with E-state index in [9.17, 15) is 22.6 Å². The van der Waals surface area contributed by atoms with Crippen LogP contribution in [-0.4, -0.2) is 103 Å². The summed E-state index contributed by atoms with van der Waals surface area (Å²) in [5.74, 6) is -2.03. The van der Waals surface area contributed by atoms with Crippen molar-refractivity contribution in [1.82, 2.24) is 10.6 Å². The lowest BCUT2D eigenvalue weighted by molar-refractivity contribution is -0.122. The molecule has 42 heavy (non-hydrogen) atoms. The van der Waals surface area contributed by atoms with Gasteiger partial charge in [-0.05, 0) is 28.7 Å². The summed E-state index contributed by atoms with van der Waals surface area (Å²) in [5, 5.41) is 4.74. The molecule has 0 aliphatic heterocycles. The maximum Gasteiger partial charge on any atom is 0.407 e. The van der Waals surface area contributed by atoms with Crippen molar-refractivity contribution >= 4 is 22.1 Å². The molecular formula is C29H40N2O10S. The predicted octanol–water partition coefficient (Wildman–Crippen LogP) is 2.37. The first-order chi connectivity index (χ1) is 20.3. The third-order valence-electron chi connectivity index (χ3n) is 6.34. The zero-order chi connectivity index (χ0) is 30.2. The average Bonchev–Trinajstić information content (AvgIpc) is 3.28. The van der Waals surface area contributed by atoms with Gasteiger partial charge in [0.2, 0.25) is 5.91 Å². The van der Waals surface area contributed by atoms with E-state index in [2.05, 4.69) is 10.6 Å². The van der Waals surface area contributed by atoms with Gasteiger partial charge in [-0.3, -0.25) is 9.35 Å². The van der Waals surface area contributed by atoms with Crippen LogP contribution in [0.15, 0.2) is 48.5 Å². The van der Waals surface area contributed by atoms with E-state index >= 15 is 0 Å². The van der Waals surface area contributed by atoms with Crippen molar-refractivity contribution in [1.29, 1.82) is 0 Å². The zero-order valence-corrected chi connectivity index (χ0v) is 24.6. The summed E-state index contributed by atoms with van der Waals surface area (Å²) in [5.41, 5.74) is 4.12. The molecule has 0 radical (unpaired) electrons. The SMILES string of the molecule is CCCOCCOCCOCCOCCNC(=O)[C@H](CS(=O)(=O)O)NC(=O)OCC1c2ccccc2-c2ccccc21. The van der Waals surface area contributed by atoms with E-state index in [0.29, 0.717) is 39.6 Å². The predicted molar refractivity (Wildman–Crippen MR) is 155 cm³/mol. The Morgan fingerprint density at radius 3 is 1.83 bits per heavy atom. The van der Waals surface area contributed by atoms with E-state index in [1.54, 1.807) is 0 Å². The van der Waals surface area contributed by atoms with Gasteiger partial charge in [-0.1, -0.05) is 55.5 Å². The standard InChI is InChI=1S/C29H40N2O10S/c1-2-12-37-14-16-39-18-19-40-17-15-38-13-11-30-28(32)27(21-42(34,35)36)31-29(33)41-20-26-24-9-5-3-7-22(24)23-8-4-6-10-25(23)26/h3-10,26-27H,2,11-21H2,1H3,(H,30,32)(H,31,33)(H,34,35,36)/t27-/m0/s1. The van der Waals surface area contributed by atoms with Gasteiger partial charge in [-0.15, -0.1) is 0 Å². The maximum atomic E-state index is 12.6. The Kier molecular flexibility index (Phi) is 14.2. The van der Waals surface area contributed by atoms with Gasteiger partial charge in [0.25, 0.3) is 10.1 Å². The van der Waals surface area contributed by atoms with Gasteiger partial charge in [0.1, 0.15) is 18.4 Å². The van der Waals surface area contributed by atoms with Crippen molar-refractivity contribution < 1.29 is 46.2 Å². The van der Waals surface area contributed by atoms with Crippen LogP contribution in [0.2, 0.25) is 0 Å². The molecule has 0 bridgehead atoms. The molecule has 0 fully saturated rings. The molecule has 1 atom stereocenters. The van der Waals surface area contributed by atoms with Crippen LogP contribution in [0.25, 0.3) is 11.1 Å². The van der Waals surface area contributed by atoms with Crippen molar-refractivity contribution in [2.45, 2.75) is 25.3 Å². The molecule has 3 N–H and O–H groups in total. The topological polar surface area (TPSA) is 159 Å². The molecule has 13 heteroatoms. The number of fused-ring (bicyclic) bond motifs is 3. The van der Waals surface area contributed by atoms with E-state index in [-0.39, 0.29) is 32.3 Å². The zero-order valence-electron chi connectivity index (χ0n) is 23.8. The van der Waals surface area contributed by atoms with Crippen LogP contribution in [0, 0.1) is 0 Å². The van der Waals surface area contributed by atoms with Gasteiger partial charge in [-0.25, -0.2) is 4.79 Å². The molecule has 1 aliphatic rings. The molecule has 12 nitrogen and oxygen atoms in total. The highest BCUT2D eigenvalue weighted by molar-refractivity contribution is 7.85. The summed E-state index contributed by atoms with van der Waals surface area (Å²) in [7, 11) is -4.58. The number of carbonyl (C=O) groups is 2. The summed E-state index contributed by atoms with van der Waals surface area (Å²) >= 11 is 0. The van der Waals surface area contributed by atoms with Crippen LogP contribution < -0.4 is 10.6 Å². The first-order valence-electron chi connectivity index (χ1n) is 14.0. The van der Waals surface area contributed by atoms with Gasteiger partial charge in [0.05, 0.1) is 46.2 Å². The molecule has 0 aromatic heterocycles. The number of hydrogen-bond acceptors (Lipinski definition) is 9. The number of alkyl carbamates (subject to hydrolysis) is 1. The lowest BCUT2D eigenvalue weighted by atomic mass is 9.98. The Bertz CT molecular complexity index is 1190. The number of ether oxygens (including phenoxy) is 5. The fourth-order valence-electron chi connectivity index (χ4n) is 4.45. The third-order valence-corrected chi connectivity index (χ3v) is 7.09. The second kappa shape index (κ2) is 17.8. The second-order valence-electron chi connectivity index (χ2n) is 9.51. The Hall–Kier alpha value is -3.07. The highest BCUT2D eigenvalue weighted by Gasteiger charge is 2.30. The molecule has 3 rings (SSSR count). The van der Waals surface area contributed by atoms with Crippen LogP contribution >= 0.6 is 0 Å². The van der Waals surface area contributed by atoms with E-state index in [1.165, 1.54) is 0 Å². The minimum atomic E-state index is -4.58. The summed E-state index contributed by atoms with van der Waals surface area (Å²) in [6.45, 7) is 5.44. The molecular weight excluding hydrogens is 568 g/mol. The molecule has 0 spiro atoms. The molecule has 2 aromatic carbocycles. The fraction of sp³-hybridized carbons (Fsp3) is 0.517. The minimum Gasteiger partial charge on any atom is -0.449 e. The van der Waals surface area contributed by atoms with Crippen molar-refractivity contribution in [2.24, 2.45) is 0 Å². The molecule has 1 aliphatic carbocycles. The number of benzene rings is 2. The number of rotatable bonds is 20. The molecule has 2 aromatic rings. The monoisotopic (exact) mass is 608 g/mol. The summed E-state index contributed by atoms with van der Waals surface area (Å²) < 4.78 is 59.2. The van der Waals surface area contributed by atoms with Gasteiger partial charge in [0.15, 0.2) is 0 Å². The average molecular weight is 609 g/mol. The van der Waals surface area contributed by atoms with Gasteiger partial charge in [0, 0.05) is 19.1 Å². The second-order valence-corrected chi connectivity index (χ2v) is 11.0. The third kappa shape index (κ3) is 11.3. The molecule has 2 amide bonds. The van der Waals surface area contributed by atoms with E-state index in [1.807, 2.05) is 55.5 Å². The normalized spacial score (nSPS) is 13.3. The smallest absolute Gasteiger partial charge is 0.407 e. The van der Waals surface area contributed by atoms with Gasteiger partial charge in [-0.2, -0.15) is 8.42 Å². The molecule has 0 saturated carbocycles. The van der Waals surface area contributed by atoms with Crippen LogP contribution in [0.1, 0.15) is 30.4 Å². The number of amides is 2.